The van der Waals surface area contributed by atoms with Crippen LogP contribution in [0.5, 0.6) is 0 Å². The molecule has 0 saturated carbocycles. The minimum atomic E-state index is 0.868. The van der Waals surface area contributed by atoms with E-state index in [2.05, 4.69) is 78.8 Å². The third-order valence-corrected chi connectivity index (χ3v) is 4.82. The number of hydrogen-bond donors (Lipinski definition) is 1. The maximum Gasteiger partial charge on any atom is 0.0992 e. The molecule has 3 rings (SSSR count). The number of fused-ring (bicyclic) bond motifs is 1. The summed E-state index contributed by atoms with van der Waals surface area (Å²) < 4.78 is 0. The normalized spacial score (nSPS) is 17.2. The molecule has 104 valence electrons. The molecule has 0 fully saturated rings. The van der Waals surface area contributed by atoms with E-state index in [9.17, 15) is 0 Å². The molecule has 0 radical (unpaired) electrons. The Bertz CT molecular complexity index is 644. The largest absolute Gasteiger partial charge is 0.326 e. The summed E-state index contributed by atoms with van der Waals surface area (Å²) in [5.41, 5.74) is 6.37. The standard InChI is InChI=1S/C16H18N2S2/c1-11-7-12(2)16(15(8-11)20-19)17-9-14-6-4-5-13(3)18(14)10-17/h4-9,19H,10H2,1-3H3. The average Bonchev–Trinajstić information content (AvgIpc) is 2.82. The number of benzene rings is 1. The van der Waals surface area contributed by atoms with Crippen molar-refractivity contribution in [2.24, 2.45) is 0 Å². The summed E-state index contributed by atoms with van der Waals surface area (Å²) in [6.45, 7) is 7.32. The molecule has 2 heterocycles. The van der Waals surface area contributed by atoms with E-state index in [4.69, 9.17) is 0 Å². The Kier molecular flexibility index (Phi) is 3.61. The highest BCUT2D eigenvalue weighted by Crippen LogP contribution is 2.39. The molecule has 0 spiro atoms. The Morgan fingerprint density at radius 1 is 1.20 bits per heavy atom. The Balaban J connectivity index is 2.02. The second-order valence-corrected chi connectivity index (χ2v) is 6.45. The van der Waals surface area contributed by atoms with Gasteiger partial charge in [0.15, 0.2) is 0 Å². The van der Waals surface area contributed by atoms with Crippen LogP contribution in [0.2, 0.25) is 0 Å². The molecule has 4 heteroatoms. The topological polar surface area (TPSA) is 6.48 Å². The molecule has 2 aliphatic heterocycles. The second kappa shape index (κ2) is 5.26. The molecule has 0 bridgehead atoms. The first-order valence-corrected chi connectivity index (χ1v) is 8.50. The van der Waals surface area contributed by atoms with Crippen molar-refractivity contribution in [3.05, 3.63) is 59.1 Å². The van der Waals surface area contributed by atoms with Crippen LogP contribution in [0.1, 0.15) is 18.1 Å². The fourth-order valence-electron chi connectivity index (χ4n) is 2.82. The summed E-state index contributed by atoms with van der Waals surface area (Å²) in [5.74, 6) is 0. The van der Waals surface area contributed by atoms with Gasteiger partial charge in [-0.15, -0.1) is 11.7 Å². The van der Waals surface area contributed by atoms with Gasteiger partial charge in [-0.3, -0.25) is 0 Å². The van der Waals surface area contributed by atoms with Crippen LogP contribution in [-0.4, -0.2) is 11.6 Å². The molecule has 2 aliphatic rings. The third-order valence-electron chi connectivity index (χ3n) is 3.72. The highest BCUT2D eigenvalue weighted by molar-refractivity contribution is 8.68. The number of anilines is 1. The Morgan fingerprint density at radius 2 is 2.00 bits per heavy atom. The molecular weight excluding hydrogens is 284 g/mol. The fourth-order valence-corrected chi connectivity index (χ4v) is 3.84. The zero-order valence-corrected chi connectivity index (χ0v) is 13.6. The summed E-state index contributed by atoms with van der Waals surface area (Å²) in [5, 5.41) is 0. The van der Waals surface area contributed by atoms with Crippen molar-refractivity contribution in [3.8, 4) is 0 Å². The first-order chi connectivity index (χ1) is 9.60. The first-order valence-electron chi connectivity index (χ1n) is 6.64. The van der Waals surface area contributed by atoms with E-state index in [-0.39, 0.29) is 0 Å². The van der Waals surface area contributed by atoms with Crippen molar-refractivity contribution in [3.63, 3.8) is 0 Å². The number of aryl methyl sites for hydroxylation is 2. The lowest BCUT2D eigenvalue weighted by Gasteiger charge is -2.27. The molecule has 2 nitrogen and oxygen atoms in total. The molecule has 1 aromatic carbocycles. The summed E-state index contributed by atoms with van der Waals surface area (Å²) >= 11 is 4.42. The van der Waals surface area contributed by atoms with Gasteiger partial charge in [0, 0.05) is 16.8 Å². The number of rotatable bonds is 2. The van der Waals surface area contributed by atoms with Crippen molar-refractivity contribution < 1.29 is 0 Å². The molecule has 0 unspecified atom stereocenters. The van der Waals surface area contributed by atoms with E-state index in [1.54, 1.807) is 0 Å². The Morgan fingerprint density at radius 3 is 2.70 bits per heavy atom. The van der Waals surface area contributed by atoms with E-state index in [0.29, 0.717) is 0 Å². The first kappa shape index (κ1) is 13.7. The van der Waals surface area contributed by atoms with Crippen molar-refractivity contribution in [1.29, 1.82) is 0 Å². The highest BCUT2D eigenvalue weighted by atomic mass is 33.1. The zero-order valence-electron chi connectivity index (χ0n) is 11.9. The molecule has 0 amide bonds. The van der Waals surface area contributed by atoms with E-state index in [1.807, 2.05) is 0 Å². The number of allylic oxidation sites excluding steroid dienone is 4. The monoisotopic (exact) mass is 302 g/mol. The summed E-state index contributed by atoms with van der Waals surface area (Å²) in [7, 11) is 1.52. The molecule has 0 N–H and O–H groups in total. The smallest absolute Gasteiger partial charge is 0.0992 e. The van der Waals surface area contributed by atoms with E-state index in [0.717, 1.165) is 6.67 Å². The lowest BCUT2D eigenvalue weighted by Crippen LogP contribution is -2.26. The van der Waals surface area contributed by atoms with Gasteiger partial charge < -0.3 is 9.80 Å². The van der Waals surface area contributed by atoms with E-state index < -0.39 is 0 Å². The van der Waals surface area contributed by atoms with E-state index in [1.165, 1.54) is 43.9 Å². The van der Waals surface area contributed by atoms with Gasteiger partial charge in [0.05, 0.1) is 18.1 Å². The predicted octanol–water partition coefficient (Wildman–Crippen LogP) is 4.63. The minimum Gasteiger partial charge on any atom is -0.326 e. The molecular formula is C16H18N2S2. The lowest BCUT2D eigenvalue weighted by atomic mass is 10.1. The van der Waals surface area contributed by atoms with Crippen molar-refractivity contribution >= 4 is 28.1 Å². The maximum atomic E-state index is 4.42. The quantitative estimate of drug-likeness (QED) is 0.629. The van der Waals surface area contributed by atoms with Crippen LogP contribution < -0.4 is 4.90 Å². The summed E-state index contributed by atoms with van der Waals surface area (Å²) in [6.07, 6.45) is 8.64. The van der Waals surface area contributed by atoms with Crippen LogP contribution in [0.15, 0.2) is 52.9 Å². The van der Waals surface area contributed by atoms with Gasteiger partial charge >= 0.3 is 0 Å². The average molecular weight is 302 g/mol. The van der Waals surface area contributed by atoms with Crippen LogP contribution >= 0.6 is 22.5 Å². The van der Waals surface area contributed by atoms with Gasteiger partial charge in [-0.05, 0) is 50.1 Å². The van der Waals surface area contributed by atoms with Gasteiger partial charge in [0.25, 0.3) is 0 Å². The Labute approximate surface area is 129 Å². The molecule has 1 aromatic rings. The third kappa shape index (κ3) is 2.27. The van der Waals surface area contributed by atoms with Crippen LogP contribution in [0.4, 0.5) is 5.69 Å². The SMILES string of the molecule is CC1=CC=CC2=CN(c3c(C)cc(C)cc3SS)CN12. The molecule has 0 saturated heterocycles. The number of thiol groups is 1. The van der Waals surface area contributed by atoms with Gasteiger partial charge in [-0.2, -0.15) is 0 Å². The van der Waals surface area contributed by atoms with Crippen molar-refractivity contribution in [1.82, 2.24) is 4.90 Å². The number of hydrogen-bond acceptors (Lipinski definition) is 4. The van der Waals surface area contributed by atoms with Crippen LogP contribution in [0, 0.1) is 13.8 Å². The van der Waals surface area contributed by atoms with Crippen molar-refractivity contribution in [2.75, 3.05) is 11.6 Å². The van der Waals surface area contributed by atoms with Gasteiger partial charge in [0.2, 0.25) is 0 Å². The van der Waals surface area contributed by atoms with Gasteiger partial charge in [0.1, 0.15) is 0 Å². The van der Waals surface area contributed by atoms with Gasteiger partial charge in [-0.25, -0.2) is 0 Å². The lowest BCUT2D eigenvalue weighted by molar-refractivity contribution is 0.475. The van der Waals surface area contributed by atoms with Gasteiger partial charge in [-0.1, -0.05) is 22.9 Å². The highest BCUT2D eigenvalue weighted by Gasteiger charge is 2.25. The van der Waals surface area contributed by atoms with Crippen LogP contribution in [0.25, 0.3) is 0 Å². The van der Waals surface area contributed by atoms with Crippen LogP contribution in [0.3, 0.4) is 0 Å². The number of nitrogens with zero attached hydrogens (tertiary/aromatic N) is 2. The van der Waals surface area contributed by atoms with Crippen molar-refractivity contribution in [2.45, 2.75) is 25.7 Å². The zero-order chi connectivity index (χ0) is 14.3. The maximum absolute atomic E-state index is 4.42. The Hall–Kier alpha value is -1.26. The summed E-state index contributed by atoms with van der Waals surface area (Å²) in [4.78, 5) is 5.86. The van der Waals surface area contributed by atoms with E-state index >= 15 is 0 Å². The predicted molar refractivity (Wildman–Crippen MR) is 90.9 cm³/mol. The van der Waals surface area contributed by atoms with Crippen LogP contribution in [-0.2, 0) is 0 Å². The summed E-state index contributed by atoms with van der Waals surface area (Å²) in [6, 6.07) is 4.44. The fraction of sp³-hybridized carbons (Fsp3) is 0.250. The molecule has 0 atom stereocenters. The molecule has 0 aliphatic carbocycles. The minimum absolute atomic E-state index is 0.868. The molecule has 0 aromatic heterocycles. The second-order valence-electron chi connectivity index (χ2n) is 5.28. The molecule has 20 heavy (non-hydrogen) atoms.